The maximum Gasteiger partial charge on any atom is 0.340 e. The normalized spacial score (nSPS) is 14.6. The van der Waals surface area contributed by atoms with Crippen molar-refractivity contribution < 1.29 is 28.3 Å². The van der Waals surface area contributed by atoms with Crippen LogP contribution in [0.25, 0.3) is 11.0 Å². The minimum absolute atomic E-state index is 0.115. The zero-order valence-electron chi connectivity index (χ0n) is 17.6. The highest BCUT2D eigenvalue weighted by Crippen LogP contribution is 2.31. The molecular weight excluding hydrogens is 390 g/mol. The quantitative estimate of drug-likeness (QED) is 0.429. The second kappa shape index (κ2) is 8.69. The summed E-state index contributed by atoms with van der Waals surface area (Å²) in [7, 11) is 0. The molecule has 0 unspecified atom stereocenters. The molecule has 1 aromatic carbocycles. The van der Waals surface area contributed by atoms with Crippen molar-refractivity contribution in [3.63, 3.8) is 0 Å². The SMILES string of the molecule is CC(=O)Oc1cc(C)cc2oc(=O)c(CC(=O)N3CCC(OC(C)=O)CC3)c(C)c12. The van der Waals surface area contributed by atoms with Gasteiger partial charge in [-0.3, -0.25) is 14.4 Å². The van der Waals surface area contributed by atoms with Gasteiger partial charge in [0.1, 0.15) is 17.4 Å². The van der Waals surface area contributed by atoms with Crippen molar-refractivity contribution in [2.75, 3.05) is 13.1 Å². The molecule has 1 aliphatic heterocycles. The molecule has 1 amide bonds. The van der Waals surface area contributed by atoms with E-state index in [1.807, 2.05) is 0 Å². The highest BCUT2D eigenvalue weighted by molar-refractivity contribution is 5.91. The molecular formula is C22H25NO7. The predicted octanol–water partition coefficient (Wildman–Crippen LogP) is 2.43. The average molecular weight is 415 g/mol. The van der Waals surface area contributed by atoms with E-state index in [9.17, 15) is 19.2 Å². The number of benzene rings is 1. The topological polar surface area (TPSA) is 103 Å². The van der Waals surface area contributed by atoms with Gasteiger partial charge in [0.15, 0.2) is 0 Å². The number of ether oxygens (including phenoxy) is 2. The van der Waals surface area contributed by atoms with Crippen LogP contribution in [-0.2, 0) is 25.5 Å². The lowest BCUT2D eigenvalue weighted by Gasteiger charge is -2.31. The highest BCUT2D eigenvalue weighted by atomic mass is 16.5. The Morgan fingerprint density at radius 2 is 1.77 bits per heavy atom. The van der Waals surface area contributed by atoms with Gasteiger partial charge in [0.25, 0.3) is 0 Å². The number of likely N-dealkylation sites (tertiary alicyclic amines) is 1. The number of hydrogen-bond donors (Lipinski definition) is 0. The Kier molecular flexibility index (Phi) is 6.24. The Bertz CT molecular complexity index is 1060. The fourth-order valence-corrected chi connectivity index (χ4v) is 3.80. The Labute approximate surface area is 173 Å². The molecule has 30 heavy (non-hydrogen) atoms. The highest BCUT2D eigenvalue weighted by Gasteiger charge is 2.26. The van der Waals surface area contributed by atoms with Gasteiger partial charge in [0, 0.05) is 39.8 Å². The van der Waals surface area contributed by atoms with Crippen molar-refractivity contribution in [3.8, 4) is 5.75 Å². The van der Waals surface area contributed by atoms with Crippen LogP contribution in [0, 0.1) is 13.8 Å². The molecule has 0 atom stereocenters. The van der Waals surface area contributed by atoms with Crippen LogP contribution in [0.15, 0.2) is 21.3 Å². The van der Waals surface area contributed by atoms with Crippen LogP contribution in [0.2, 0.25) is 0 Å². The first-order valence-electron chi connectivity index (χ1n) is 9.86. The van der Waals surface area contributed by atoms with Gasteiger partial charge in [-0.05, 0) is 37.1 Å². The molecule has 1 fully saturated rings. The molecule has 3 rings (SSSR count). The lowest BCUT2D eigenvalue weighted by atomic mass is 10.0. The van der Waals surface area contributed by atoms with E-state index in [4.69, 9.17) is 13.9 Å². The van der Waals surface area contributed by atoms with Crippen molar-refractivity contribution in [2.24, 2.45) is 0 Å². The number of hydrogen-bond acceptors (Lipinski definition) is 7. The predicted molar refractivity (Wildman–Crippen MR) is 108 cm³/mol. The molecule has 0 radical (unpaired) electrons. The number of nitrogens with zero attached hydrogens (tertiary/aromatic N) is 1. The van der Waals surface area contributed by atoms with Gasteiger partial charge >= 0.3 is 17.6 Å². The number of rotatable bonds is 4. The fourth-order valence-electron chi connectivity index (χ4n) is 3.80. The molecule has 0 N–H and O–H groups in total. The van der Waals surface area contributed by atoms with Gasteiger partial charge in [0.2, 0.25) is 5.91 Å². The van der Waals surface area contributed by atoms with Crippen LogP contribution < -0.4 is 10.4 Å². The molecule has 1 saturated heterocycles. The van der Waals surface area contributed by atoms with E-state index in [2.05, 4.69) is 0 Å². The molecule has 8 heteroatoms. The van der Waals surface area contributed by atoms with Gasteiger partial charge in [-0.15, -0.1) is 0 Å². The van der Waals surface area contributed by atoms with E-state index in [1.165, 1.54) is 13.8 Å². The van der Waals surface area contributed by atoms with Crippen molar-refractivity contribution >= 4 is 28.8 Å². The fraction of sp³-hybridized carbons (Fsp3) is 0.455. The summed E-state index contributed by atoms with van der Waals surface area (Å²) < 4.78 is 16.0. The smallest absolute Gasteiger partial charge is 0.340 e. The molecule has 0 aliphatic carbocycles. The second-order valence-corrected chi connectivity index (χ2v) is 7.59. The monoisotopic (exact) mass is 415 g/mol. The van der Waals surface area contributed by atoms with Crippen LogP contribution in [0.3, 0.4) is 0 Å². The number of carbonyl (C=O) groups is 3. The third-order valence-electron chi connectivity index (χ3n) is 5.20. The van der Waals surface area contributed by atoms with E-state index < -0.39 is 11.6 Å². The van der Waals surface area contributed by atoms with Gasteiger partial charge in [-0.1, -0.05) is 0 Å². The number of aryl methyl sites for hydroxylation is 2. The van der Waals surface area contributed by atoms with E-state index in [1.54, 1.807) is 30.9 Å². The first kappa shape index (κ1) is 21.5. The third kappa shape index (κ3) is 4.69. The number of fused-ring (bicyclic) bond motifs is 1. The van der Waals surface area contributed by atoms with E-state index in [-0.39, 0.29) is 30.0 Å². The standard InChI is InChI=1S/C22H25NO7/c1-12-9-18(29-15(4)25)21-13(2)17(22(27)30-19(21)10-12)11-20(26)23-7-5-16(6-8-23)28-14(3)24/h9-10,16H,5-8,11H2,1-4H3. The van der Waals surface area contributed by atoms with Crippen molar-refractivity contribution in [3.05, 3.63) is 39.2 Å². The largest absolute Gasteiger partial charge is 0.462 e. The zero-order chi connectivity index (χ0) is 22.0. The molecule has 0 bridgehead atoms. The van der Waals surface area contributed by atoms with Crippen molar-refractivity contribution in [1.29, 1.82) is 0 Å². The number of piperidine rings is 1. The van der Waals surface area contributed by atoms with E-state index in [0.717, 1.165) is 5.56 Å². The summed E-state index contributed by atoms with van der Waals surface area (Å²) in [6.45, 7) is 7.09. The molecule has 1 aliphatic rings. The van der Waals surface area contributed by atoms with Crippen LogP contribution in [0.1, 0.15) is 43.4 Å². The molecule has 1 aromatic heterocycles. The Morgan fingerprint density at radius 1 is 1.10 bits per heavy atom. The van der Waals surface area contributed by atoms with Gasteiger partial charge < -0.3 is 18.8 Å². The first-order chi connectivity index (χ1) is 14.2. The first-order valence-corrected chi connectivity index (χ1v) is 9.86. The lowest BCUT2D eigenvalue weighted by molar-refractivity contribution is -0.149. The van der Waals surface area contributed by atoms with Crippen LogP contribution in [0.4, 0.5) is 0 Å². The number of carbonyl (C=O) groups excluding carboxylic acids is 3. The molecule has 8 nitrogen and oxygen atoms in total. The van der Waals surface area contributed by atoms with Gasteiger partial charge in [-0.2, -0.15) is 0 Å². The molecule has 0 saturated carbocycles. The van der Waals surface area contributed by atoms with Crippen LogP contribution in [-0.4, -0.2) is 41.9 Å². The summed E-state index contributed by atoms with van der Waals surface area (Å²) in [4.78, 5) is 49.6. The molecule has 160 valence electrons. The van der Waals surface area contributed by atoms with Crippen molar-refractivity contribution in [1.82, 2.24) is 4.90 Å². The van der Waals surface area contributed by atoms with Crippen LogP contribution in [0.5, 0.6) is 5.75 Å². The molecule has 0 spiro atoms. The summed E-state index contributed by atoms with van der Waals surface area (Å²) in [5.41, 5.74) is 1.31. The minimum atomic E-state index is -0.581. The van der Waals surface area contributed by atoms with Crippen LogP contribution >= 0.6 is 0 Å². The lowest BCUT2D eigenvalue weighted by Crippen LogP contribution is -2.42. The van der Waals surface area contributed by atoms with E-state index in [0.29, 0.717) is 48.2 Å². The minimum Gasteiger partial charge on any atom is -0.462 e. The summed E-state index contributed by atoms with van der Waals surface area (Å²) in [6.07, 6.45) is 0.822. The Hall–Kier alpha value is -3.16. The maximum atomic E-state index is 12.8. The second-order valence-electron chi connectivity index (χ2n) is 7.59. The van der Waals surface area contributed by atoms with Gasteiger partial charge in [-0.25, -0.2) is 4.79 Å². The number of esters is 2. The number of amides is 1. The summed E-state index contributed by atoms with van der Waals surface area (Å²) in [5, 5.41) is 0.506. The van der Waals surface area contributed by atoms with Gasteiger partial charge in [0.05, 0.1) is 17.4 Å². The zero-order valence-corrected chi connectivity index (χ0v) is 17.6. The molecule has 2 aromatic rings. The summed E-state index contributed by atoms with van der Waals surface area (Å²) in [6, 6.07) is 3.39. The van der Waals surface area contributed by atoms with E-state index >= 15 is 0 Å². The molecule has 2 heterocycles. The van der Waals surface area contributed by atoms with Crippen molar-refractivity contribution in [2.45, 2.75) is 53.1 Å². The Balaban J connectivity index is 1.87. The Morgan fingerprint density at radius 3 is 2.37 bits per heavy atom. The average Bonchev–Trinajstić information content (AvgIpc) is 2.64. The summed E-state index contributed by atoms with van der Waals surface area (Å²) in [5.74, 6) is -0.717. The third-order valence-corrected chi connectivity index (χ3v) is 5.20. The maximum absolute atomic E-state index is 12.8. The summed E-state index contributed by atoms with van der Waals surface area (Å²) >= 11 is 0.